The van der Waals surface area contributed by atoms with Gasteiger partial charge in [-0.1, -0.05) is 46.8 Å². The second-order valence-electron chi connectivity index (χ2n) is 20.1. The largest absolute Gasteiger partial charge is 0.481 e. The van der Waals surface area contributed by atoms with Gasteiger partial charge >= 0.3 is 11.9 Å². The third kappa shape index (κ3) is 5.83. The third-order valence-corrected chi connectivity index (χ3v) is 16.6. The molecule has 0 aromatic rings. The number of amides is 1. The Bertz CT molecular complexity index is 1490. The molecule has 5 saturated carbocycles. The van der Waals surface area contributed by atoms with Crippen LogP contribution in [0, 0.1) is 62.1 Å². The number of hydrogen-bond acceptors (Lipinski definition) is 5. The van der Waals surface area contributed by atoms with Gasteiger partial charge in [-0.05, 0) is 149 Å². The van der Waals surface area contributed by atoms with Gasteiger partial charge in [-0.15, -0.1) is 0 Å². The van der Waals surface area contributed by atoms with Gasteiger partial charge in [0.15, 0.2) is 0 Å². The number of fused-ring (bicyclic) bond motifs is 7. The third-order valence-electron chi connectivity index (χ3n) is 16.6. The van der Waals surface area contributed by atoms with Crippen LogP contribution in [0.2, 0.25) is 0 Å². The van der Waals surface area contributed by atoms with Gasteiger partial charge in [-0.2, -0.15) is 0 Å². The van der Waals surface area contributed by atoms with Gasteiger partial charge in [-0.25, -0.2) is 0 Å². The van der Waals surface area contributed by atoms with Crippen molar-refractivity contribution < 1.29 is 24.2 Å². The van der Waals surface area contributed by atoms with Crippen LogP contribution in [0.3, 0.4) is 0 Å². The van der Waals surface area contributed by atoms with Gasteiger partial charge in [0.1, 0.15) is 6.10 Å². The van der Waals surface area contributed by atoms with Crippen molar-refractivity contribution in [3.8, 4) is 0 Å². The highest BCUT2D eigenvalue weighted by Crippen LogP contribution is 2.78. The molecule has 0 spiro atoms. The molecule has 0 bridgehead atoms. The number of nitrogens with one attached hydrogen (secondary N) is 1. The van der Waals surface area contributed by atoms with E-state index < -0.39 is 17.4 Å². The van der Waals surface area contributed by atoms with E-state index in [9.17, 15) is 19.5 Å². The van der Waals surface area contributed by atoms with Gasteiger partial charge < -0.3 is 15.2 Å². The minimum Gasteiger partial charge on any atom is -0.481 e. The quantitative estimate of drug-likeness (QED) is 0.185. The molecule has 0 aromatic carbocycles. The molecule has 2 N–H and O–H groups in total. The molecular weight excluding hydrogens is 624 g/mol. The van der Waals surface area contributed by atoms with Crippen molar-refractivity contribution in [2.24, 2.45) is 67.1 Å². The molecule has 1 heterocycles. The number of hydrogen-bond donors (Lipinski definition) is 2. The summed E-state index contributed by atoms with van der Waals surface area (Å²) in [6.45, 7) is 25.1. The van der Waals surface area contributed by atoms with Crippen molar-refractivity contribution in [2.45, 2.75) is 152 Å². The number of esters is 1. The van der Waals surface area contributed by atoms with E-state index in [1.807, 2.05) is 6.20 Å². The Morgan fingerprint density at radius 2 is 1.68 bits per heavy atom. The van der Waals surface area contributed by atoms with Gasteiger partial charge in [0.05, 0.1) is 18.4 Å². The van der Waals surface area contributed by atoms with Crippen LogP contribution in [0.1, 0.15) is 146 Å². The van der Waals surface area contributed by atoms with Crippen molar-refractivity contribution in [2.75, 3.05) is 6.54 Å². The van der Waals surface area contributed by atoms with E-state index in [1.54, 1.807) is 13.8 Å². The normalized spacial score (nSPS) is 41.8. The molecule has 6 rings (SSSR count). The zero-order valence-electron chi connectivity index (χ0n) is 32.7. The summed E-state index contributed by atoms with van der Waals surface area (Å²) in [5.74, 6) is 1.37. The number of ether oxygens (including phenoxy) is 1. The Kier molecular flexibility index (Phi) is 9.41. The number of carboxylic acids is 1. The predicted molar refractivity (Wildman–Crippen MR) is 198 cm³/mol. The predicted octanol–water partition coefficient (Wildman–Crippen LogP) is 9.31. The van der Waals surface area contributed by atoms with E-state index in [2.05, 4.69) is 65.4 Å². The monoisotopic (exact) mass is 690 g/mol. The molecular formula is C43H66N2O5. The van der Waals surface area contributed by atoms with E-state index in [-0.39, 0.29) is 45.5 Å². The van der Waals surface area contributed by atoms with Crippen LogP contribution in [0.25, 0.3) is 0 Å². The molecule has 5 fully saturated rings. The van der Waals surface area contributed by atoms with E-state index in [0.717, 1.165) is 50.7 Å². The Hall–Kier alpha value is -2.44. The first-order chi connectivity index (χ1) is 23.2. The smallest absolute Gasteiger partial charge is 0.309 e. The summed E-state index contributed by atoms with van der Waals surface area (Å²) in [4.78, 5) is 43.0. The molecule has 0 unspecified atom stereocenters. The first-order valence-electron chi connectivity index (χ1n) is 19.8. The number of allylic oxidation sites excluding steroid dienone is 2. The van der Waals surface area contributed by atoms with Crippen LogP contribution < -0.4 is 5.32 Å². The molecule has 50 heavy (non-hydrogen) atoms. The maximum absolute atomic E-state index is 13.7. The summed E-state index contributed by atoms with van der Waals surface area (Å²) in [6.07, 6.45) is 14.2. The molecule has 7 heteroatoms. The standard InChI is InChI=1S/C43H66N2O5/c1-26(2)29-13-18-43(22-34(46)45-25-28-21-27(3)24-44-28)20-19-41(9)30(36(29)43)11-12-32-40(8)16-15-33(50-35(47)23-38(4,5)37(48)49)39(6,7)31(40)14-17-42(32,41)10/h24,29-33,36H,1,11-23,25H2,2-10H3,(H,45,46)(H,48,49)/t29-,30+,31-,32+,33-,36+,40-,41+,42+,43+/m0/s1. The van der Waals surface area contributed by atoms with E-state index in [1.165, 1.54) is 36.8 Å². The molecule has 7 nitrogen and oxygen atoms in total. The van der Waals surface area contributed by atoms with Crippen molar-refractivity contribution in [1.82, 2.24) is 5.32 Å². The average Bonchev–Trinajstić information content (AvgIpc) is 3.61. The van der Waals surface area contributed by atoms with E-state index in [4.69, 9.17) is 4.74 Å². The zero-order valence-corrected chi connectivity index (χ0v) is 32.7. The fourth-order valence-electron chi connectivity index (χ4n) is 13.7. The lowest BCUT2D eigenvalue weighted by Crippen LogP contribution is -2.67. The molecule has 5 aliphatic carbocycles. The number of nitrogens with zero attached hydrogens (tertiary/aromatic N) is 1. The fourth-order valence-corrected chi connectivity index (χ4v) is 13.7. The van der Waals surface area contributed by atoms with Crippen LogP contribution in [-0.2, 0) is 19.1 Å². The number of carboxylic acid groups (broad SMARTS) is 1. The lowest BCUT2D eigenvalue weighted by atomic mass is 9.32. The molecule has 0 radical (unpaired) electrons. The lowest BCUT2D eigenvalue weighted by molar-refractivity contribution is -0.250. The highest BCUT2D eigenvalue weighted by atomic mass is 16.5. The van der Waals surface area contributed by atoms with Gasteiger partial charge in [0.25, 0.3) is 0 Å². The number of rotatable bonds is 9. The summed E-state index contributed by atoms with van der Waals surface area (Å²) in [5.41, 5.74) is 2.82. The average molecular weight is 691 g/mol. The van der Waals surface area contributed by atoms with E-state index >= 15 is 0 Å². The Morgan fingerprint density at radius 3 is 2.32 bits per heavy atom. The van der Waals surface area contributed by atoms with Crippen molar-refractivity contribution in [1.29, 1.82) is 0 Å². The van der Waals surface area contributed by atoms with Crippen LogP contribution in [-0.4, -0.2) is 41.3 Å². The molecule has 0 saturated heterocycles. The summed E-state index contributed by atoms with van der Waals surface area (Å²) < 4.78 is 6.18. The highest BCUT2D eigenvalue weighted by Gasteiger charge is 2.71. The molecule has 0 aromatic heterocycles. The highest BCUT2D eigenvalue weighted by molar-refractivity contribution is 5.93. The van der Waals surface area contributed by atoms with E-state index in [0.29, 0.717) is 42.6 Å². The first kappa shape index (κ1) is 37.3. The molecule has 278 valence electrons. The number of carbonyl (C=O) groups is 3. The van der Waals surface area contributed by atoms with Crippen LogP contribution in [0.4, 0.5) is 0 Å². The SMILES string of the molecule is C=C(C)[C@@H]1CC[C@]2(CC(=O)NCC3=NC=C(C)C3)CC[C@]3(C)[C@H](CC[C@@H]4[C@@]5(C)CC[C@H](OC(=O)CC(C)(C)C(=O)O)C(C)(C)[C@@H]5CC[C@]43C)[C@@H]12. The molecule has 1 aliphatic heterocycles. The van der Waals surface area contributed by atoms with Gasteiger partial charge in [0, 0.05) is 30.2 Å². The van der Waals surface area contributed by atoms with Gasteiger partial charge in [0.2, 0.25) is 5.91 Å². The Morgan fingerprint density at radius 1 is 0.960 bits per heavy atom. The van der Waals surface area contributed by atoms with Crippen LogP contribution in [0.15, 0.2) is 28.9 Å². The second-order valence-corrected chi connectivity index (χ2v) is 20.1. The number of aliphatic carboxylic acids is 1. The summed E-state index contributed by atoms with van der Waals surface area (Å²) in [7, 11) is 0. The summed E-state index contributed by atoms with van der Waals surface area (Å²) >= 11 is 0. The van der Waals surface area contributed by atoms with Crippen LogP contribution in [0.5, 0.6) is 0 Å². The maximum Gasteiger partial charge on any atom is 0.309 e. The van der Waals surface area contributed by atoms with Gasteiger partial charge in [-0.3, -0.25) is 19.4 Å². The first-order valence-corrected chi connectivity index (χ1v) is 19.8. The number of aliphatic imine (C=N–C) groups is 1. The molecule has 10 atom stereocenters. The fraction of sp³-hybridized carbons (Fsp3) is 0.814. The molecule has 6 aliphatic rings. The second kappa shape index (κ2) is 12.6. The van der Waals surface area contributed by atoms with Crippen LogP contribution >= 0.6 is 0 Å². The van der Waals surface area contributed by atoms with Crippen molar-refractivity contribution in [3.05, 3.63) is 23.9 Å². The number of carbonyl (C=O) groups excluding carboxylic acids is 2. The minimum absolute atomic E-state index is 0.0347. The van der Waals surface area contributed by atoms with Crippen molar-refractivity contribution >= 4 is 23.6 Å². The zero-order chi connectivity index (χ0) is 36.7. The summed E-state index contributed by atoms with van der Waals surface area (Å²) in [5, 5.41) is 12.9. The Balaban J connectivity index is 1.22. The Labute approximate surface area is 301 Å². The summed E-state index contributed by atoms with van der Waals surface area (Å²) in [6, 6.07) is 0. The maximum atomic E-state index is 13.7. The lowest BCUT2D eigenvalue weighted by Gasteiger charge is -2.73. The van der Waals surface area contributed by atoms with Crippen molar-refractivity contribution in [3.63, 3.8) is 0 Å². The minimum atomic E-state index is -1.14. The topological polar surface area (TPSA) is 105 Å². The molecule has 1 amide bonds.